The molecule has 2 rings (SSSR count). The molecule has 0 spiro atoms. The van der Waals surface area contributed by atoms with E-state index in [1.165, 1.54) is 42.0 Å². The molecular formula is C17H30N2OS. The lowest BCUT2D eigenvalue weighted by Crippen LogP contribution is -2.36. The van der Waals surface area contributed by atoms with Gasteiger partial charge in [0.15, 0.2) is 0 Å². The molecule has 1 fully saturated rings. The fraction of sp³-hybridized carbons (Fsp3) is 0.824. The van der Waals surface area contributed by atoms with E-state index in [2.05, 4.69) is 31.1 Å². The van der Waals surface area contributed by atoms with Crippen molar-refractivity contribution in [1.29, 1.82) is 0 Å². The molecule has 0 radical (unpaired) electrons. The van der Waals surface area contributed by atoms with Crippen molar-refractivity contribution in [3.8, 4) is 0 Å². The van der Waals surface area contributed by atoms with Crippen LogP contribution in [-0.2, 0) is 12.0 Å². The average Bonchev–Trinajstić information content (AvgIpc) is 2.89. The highest BCUT2D eigenvalue weighted by Crippen LogP contribution is 2.38. The maximum atomic E-state index is 9.36. The first kappa shape index (κ1) is 16.9. The molecule has 1 aromatic heterocycles. The zero-order valence-electron chi connectivity index (χ0n) is 13.7. The minimum Gasteiger partial charge on any atom is -0.396 e. The van der Waals surface area contributed by atoms with Crippen LogP contribution in [-0.4, -0.2) is 23.2 Å². The molecule has 0 bridgehead atoms. The number of nitrogens with zero attached hydrogens (tertiary/aromatic N) is 1. The van der Waals surface area contributed by atoms with Crippen molar-refractivity contribution in [3.05, 3.63) is 16.1 Å². The average molecular weight is 311 g/mol. The maximum absolute atomic E-state index is 9.36. The fourth-order valence-corrected chi connectivity index (χ4v) is 4.18. The molecule has 0 saturated heterocycles. The number of nitrogens with one attached hydrogen (secondary N) is 1. The van der Waals surface area contributed by atoms with E-state index in [-0.39, 0.29) is 5.41 Å². The van der Waals surface area contributed by atoms with Gasteiger partial charge in [-0.15, -0.1) is 11.3 Å². The number of hydrogen-bond donors (Lipinski definition) is 2. The maximum Gasteiger partial charge on any atom is 0.0981 e. The Balaban J connectivity index is 1.86. The molecule has 2 N–H and O–H groups in total. The molecule has 0 aromatic carbocycles. The van der Waals surface area contributed by atoms with E-state index in [0.29, 0.717) is 12.0 Å². The largest absolute Gasteiger partial charge is 0.396 e. The molecule has 1 aliphatic rings. The molecule has 3 nitrogen and oxygen atoms in total. The smallest absolute Gasteiger partial charge is 0.0981 e. The lowest BCUT2D eigenvalue weighted by atomic mass is 9.72. The van der Waals surface area contributed by atoms with Gasteiger partial charge >= 0.3 is 0 Å². The molecular weight excluding hydrogens is 280 g/mol. The van der Waals surface area contributed by atoms with Gasteiger partial charge in [-0.1, -0.05) is 40.0 Å². The molecule has 0 aliphatic heterocycles. The molecule has 1 heterocycles. The van der Waals surface area contributed by atoms with Crippen LogP contribution < -0.4 is 5.32 Å². The van der Waals surface area contributed by atoms with E-state index in [9.17, 15) is 5.11 Å². The summed E-state index contributed by atoms with van der Waals surface area (Å²) in [6.45, 7) is 8.87. The molecule has 1 aliphatic carbocycles. The molecule has 0 atom stereocenters. The van der Waals surface area contributed by atoms with E-state index < -0.39 is 0 Å². The van der Waals surface area contributed by atoms with Crippen LogP contribution in [0.5, 0.6) is 0 Å². The van der Waals surface area contributed by atoms with Crippen molar-refractivity contribution in [3.63, 3.8) is 0 Å². The summed E-state index contributed by atoms with van der Waals surface area (Å²) in [7, 11) is 0. The quantitative estimate of drug-likeness (QED) is 0.838. The second-order valence-corrected chi connectivity index (χ2v) is 8.63. The van der Waals surface area contributed by atoms with Gasteiger partial charge in [-0.05, 0) is 24.7 Å². The Hall–Kier alpha value is -0.450. The summed E-state index contributed by atoms with van der Waals surface area (Å²) in [5.41, 5.74) is 0.467. The molecule has 4 heteroatoms. The number of rotatable bonds is 6. The Morgan fingerprint density at radius 2 is 2.00 bits per heavy atom. The first-order valence-electron chi connectivity index (χ1n) is 8.22. The van der Waals surface area contributed by atoms with Crippen molar-refractivity contribution in [2.24, 2.45) is 5.41 Å². The van der Waals surface area contributed by atoms with Gasteiger partial charge in [0, 0.05) is 36.2 Å². The zero-order valence-corrected chi connectivity index (χ0v) is 14.6. The van der Waals surface area contributed by atoms with Gasteiger partial charge in [-0.25, -0.2) is 4.98 Å². The highest BCUT2D eigenvalue weighted by Gasteiger charge is 2.31. The standard InChI is InChI=1S/C17H30N2OS/c1-16(2,3)15-19-12-14(21-15)11-18-13-17(9-10-20)7-5-4-6-8-17/h12,18,20H,4-11,13H2,1-3H3. The molecule has 120 valence electrons. The first-order chi connectivity index (χ1) is 9.95. The number of hydrogen-bond acceptors (Lipinski definition) is 4. The Bertz CT molecular complexity index is 425. The van der Waals surface area contributed by atoms with Crippen LogP contribution in [0.25, 0.3) is 0 Å². The lowest BCUT2D eigenvalue weighted by Gasteiger charge is -2.37. The summed E-state index contributed by atoms with van der Waals surface area (Å²) < 4.78 is 0. The van der Waals surface area contributed by atoms with Crippen molar-refractivity contribution in [1.82, 2.24) is 10.3 Å². The summed E-state index contributed by atoms with van der Waals surface area (Å²) in [6, 6.07) is 0. The highest BCUT2D eigenvalue weighted by atomic mass is 32.1. The van der Waals surface area contributed by atoms with Crippen molar-refractivity contribution < 1.29 is 5.11 Å². The second-order valence-electron chi connectivity index (χ2n) is 7.52. The van der Waals surface area contributed by atoms with Gasteiger partial charge in [-0.3, -0.25) is 0 Å². The number of aromatic nitrogens is 1. The Morgan fingerprint density at radius 3 is 2.57 bits per heavy atom. The van der Waals surface area contributed by atoms with E-state index in [4.69, 9.17) is 0 Å². The van der Waals surface area contributed by atoms with Crippen LogP contribution in [0.2, 0.25) is 0 Å². The molecule has 1 saturated carbocycles. The number of aliphatic hydroxyl groups is 1. The third kappa shape index (κ3) is 4.76. The second kappa shape index (κ2) is 7.21. The Kier molecular flexibility index (Phi) is 5.81. The zero-order chi connectivity index (χ0) is 15.3. The summed E-state index contributed by atoms with van der Waals surface area (Å²) in [4.78, 5) is 5.86. The van der Waals surface area contributed by atoms with Gasteiger partial charge in [0.2, 0.25) is 0 Å². The summed E-state index contributed by atoms with van der Waals surface area (Å²) >= 11 is 1.82. The minimum absolute atomic E-state index is 0.143. The summed E-state index contributed by atoms with van der Waals surface area (Å²) in [6.07, 6.45) is 9.46. The van der Waals surface area contributed by atoms with Crippen molar-refractivity contribution in [2.45, 2.75) is 71.3 Å². The van der Waals surface area contributed by atoms with Crippen LogP contribution in [0.15, 0.2) is 6.20 Å². The minimum atomic E-state index is 0.143. The van der Waals surface area contributed by atoms with Crippen LogP contribution >= 0.6 is 11.3 Å². The monoisotopic (exact) mass is 310 g/mol. The van der Waals surface area contributed by atoms with Gasteiger partial charge in [-0.2, -0.15) is 0 Å². The van der Waals surface area contributed by atoms with Crippen molar-refractivity contribution >= 4 is 11.3 Å². The molecule has 0 amide bonds. The van der Waals surface area contributed by atoms with Crippen LogP contribution in [0.3, 0.4) is 0 Å². The van der Waals surface area contributed by atoms with Gasteiger partial charge < -0.3 is 10.4 Å². The van der Waals surface area contributed by atoms with Gasteiger partial charge in [0.05, 0.1) is 5.01 Å². The van der Waals surface area contributed by atoms with Crippen LogP contribution in [0.1, 0.15) is 69.2 Å². The number of thiazole rings is 1. The predicted octanol–water partition coefficient (Wildman–Crippen LogP) is 3.86. The normalized spacial score (nSPS) is 18.9. The molecule has 1 aromatic rings. The van der Waals surface area contributed by atoms with Crippen LogP contribution in [0.4, 0.5) is 0 Å². The Morgan fingerprint density at radius 1 is 1.29 bits per heavy atom. The lowest BCUT2D eigenvalue weighted by molar-refractivity contribution is 0.126. The Labute approximate surface area is 133 Å². The summed E-state index contributed by atoms with van der Waals surface area (Å²) in [5.74, 6) is 0. The predicted molar refractivity (Wildman–Crippen MR) is 89.7 cm³/mol. The first-order valence-corrected chi connectivity index (χ1v) is 9.04. The SMILES string of the molecule is CC(C)(C)c1ncc(CNCC2(CCO)CCCCC2)s1. The fourth-order valence-electron chi connectivity index (χ4n) is 3.24. The van der Waals surface area contributed by atoms with Gasteiger partial charge in [0.25, 0.3) is 0 Å². The van der Waals surface area contributed by atoms with E-state index >= 15 is 0 Å². The van der Waals surface area contributed by atoms with Crippen molar-refractivity contribution in [2.75, 3.05) is 13.2 Å². The topological polar surface area (TPSA) is 45.2 Å². The molecule has 21 heavy (non-hydrogen) atoms. The third-order valence-corrected chi connectivity index (χ3v) is 5.97. The number of aliphatic hydroxyl groups excluding tert-OH is 1. The van der Waals surface area contributed by atoms with Gasteiger partial charge in [0.1, 0.15) is 0 Å². The van der Waals surface area contributed by atoms with Crippen LogP contribution in [0, 0.1) is 5.41 Å². The van der Waals surface area contributed by atoms with E-state index in [1.54, 1.807) is 0 Å². The highest BCUT2D eigenvalue weighted by molar-refractivity contribution is 7.11. The van der Waals surface area contributed by atoms with E-state index in [1.807, 2.05) is 17.5 Å². The molecule has 0 unspecified atom stereocenters. The third-order valence-electron chi connectivity index (χ3n) is 4.55. The summed E-state index contributed by atoms with van der Waals surface area (Å²) in [5, 5.41) is 14.2. The van der Waals surface area contributed by atoms with E-state index in [0.717, 1.165) is 19.5 Å².